The van der Waals surface area contributed by atoms with Gasteiger partial charge in [0.2, 0.25) is 11.8 Å². The van der Waals surface area contributed by atoms with Crippen molar-refractivity contribution >= 4 is 11.8 Å². The summed E-state index contributed by atoms with van der Waals surface area (Å²) in [5.41, 5.74) is 0.617. The quantitative estimate of drug-likeness (QED) is 0.755. The van der Waals surface area contributed by atoms with Gasteiger partial charge in [0, 0.05) is 13.8 Å². The molecule has 1 rings (SSSR count). The Labute approximate surface area is 92.8 Å². The third-order valence-corrected chi connectivity index (χ3v) is 1.90. The van der Waals surface area contributed by atoms with Gasteiger partial charge in [-0.1, -0.05) is 12.1 Å². The van der Waals surface area contributed by atoms with Crippen LogP contribution in [-0.4, -0.2) is 11.8 Å². The summed E-state index contributed by atoms with van der Waals surface area (Å²) in [5.74, 6) is -0.917. The number of carbonyl (C=O) groups is 2. The summed E-state index contributed by atoms with van der Waals surface area (Å²) < 4.78 is 12.7. The number of hydrogen-bond donors (Lipinski definition) is 2. The fraction of sp³-hybridized carbons (Fsp3) is 0.273. The van der Waals surface area contributed by atoms with Gasteiger partial charge in [0.1, 0.15) is 12.0 Å². The van der Waals surface area contributed by atoms with E-state index in [0.717, 1.165) is 0 Å². The highest BCUT2D eigenvalue weighted by atomic mass is 19.1. The van der Waals surface area contributed by atoms with E-state index in [0.29, 0.717) is 5.56 Å². The first-order valence-corrected chi connectivity index (χ1v) is 4.78. The van der Waals surface area contributed by atoms with Crippen molar-refractivity contribution in [1.82, 2.24) is 10.6 Å². The average molecular weight is 224 g/mol. The number of carbonyl (C=O) groups excluding carboxylic acids is 2. The molecule has 1 aromatic rings. The number of benzene rings is 1. The Morgan fingerprint density at radius 1 is 1.06 bits per heavy atom. The van der Waals surface area contributed by atoms with Crippen molar-refractivity contribution in [3.05, 3.63) is 35.6 Å². The predicted octanol–water partition coefficient (Wildman–Crippen LogP) is 1.10. The molecule has 0 fully saturated rings. The van der Waals surface area contributed by atoms with Crippen LogP contribution in [0.5, 0.6) is 0 Å². The van der Waals surface area contributed by atoms with Crippen LogP contribution in [0.4, 0.5) is 4.39 Å². The molecule has 0 aliphatic heterocycles. The molecule has 4 nitrogen and oxygen atoms in total. The lowest BCUT2D eigenvalue weighted by molar-refractivity contribution is -0.122. The van der Waals surface area contributed by atoms with Crippen LogP contribution < -0.4 is 10.6 Å². The van der Waals surface area contributed by atoms with Gasteiger partial charge in [-0.05, 0) is 17.7 Å². The Kier molecular flexibility index (Phi) is 3.99. The first-order chi connectivity index (χ1) is 7.49. The molecule has 16 heavy (non-hydrogen) atoms. The first-order valence-electron chi connectivity index (χ1n) is 4.78. The monoisotopic (exact) mass is 224 g/mol. The normalized spacial score (nSPS) is 10.0. The summed E-state index contributed by atoms with van der Waals surface area (Å²) in [6, 6.07) is 5.55. The van der Waals surface area contributed by atoms with Crippen molar-refractivity contribution in [1.29, 1.82) is 0 Å². The highest BCUT2D eigenvalue weighted by Crippen LogP contribution is 2.10. The molecule has 0 bridgehead atoms. The third kappa shape index (κ3) is 3.68. The van der Waals surface area contributed by atoms with E-state index in [1.54, 1.807) is 0 Å². The summed E-state index contributed by atoms with van der Waals surface area (Å²) in [4.78, 5) is 21.9. The lowest BCUT2D eigenvalue weighted by Gasteiger charge is -2.18. The van der Waals surface area contributed by atoms with Gasteiger partial charge >= 0.3 is 0 Å². The van der Waals surface area contributed by atoms with Crippen molar-refractivity contribution in [2.24, 2.45) is 0 Å². The molecule has 1 aromatic carbocycles. The van der Waals surface area contributed by atoms with Gasteiger partial charge in [-0.25, -0.2) is 4.39 Å². The second-order valence-corrected chi connectivity index (χ2v) is 3.39. The zero-order valence-electron chi connectivity index (χ0n) is 9.08. The predicted molar refractivity (Wildman–Crippen MR) is 56.8 cm³/mol. The van der Waals surface area contributed by atoms with E-state index in [1.807, 2.05) is 0 Å². The molecule has 0 heterocycles. The summed E-state index contributed by atoms with van der Waals surface area (Å²) in [5, 5.41) is 5.11. The summed E-state index contributed by atoms with van der Waals surface area (Å²) in [7, 11) is 0. The lowest BCUT2D eigenvalue weighted by Crippen LogP contribution is -2.39. The molecule has 0 radical (unpaired) electrons. The second kappa shape index (κ2) is 5.25. The molecule has 86 valence electrons. The number of amides is 2. The van der Waals surface area contributed by atoms with Gasteiger partial charge in [-0.2, -0.15) is 0 Å². The van der Waals surface area contributed by atoms with Crippen LogP contribution in [0.15, 0.2) is 24.3 Å². The number of hydrogen-bond acceptors (Lipinski definition) is 2. The third-order valence-electron chi connectivity index (χ3n) is 1.90. The fourth-order valence-corrected chi connectivity index (χ4v) is 1.26. The van der Waals surface area contributed by atoms with Crippen molar-refractivity contribution in [2.75, 3.05) is 0 Å². The lowest BCUT2D eigenvalue weighted by atomic mass is 10.1. The maximum atomic E-state index is 12.7. The molecule has 2 N–H and O–H groups in total. The summed E-state index contributed by atoms with van der Waals surface area (Å²) in [6.45, 7) is 2.69. The Balaban J connectivity index is 2.86. The van der Waals surface area contributed by atoms with E-state index in [1.165, 1.54) is 38.1 Å². The molecular formula is C11H13FN2O2. The highest BCUT2D eigenvalue weighted by Gasteiger charge is 2.13. The van der Waals surface area contributed by atoms with Crippen LogP contribution in [0.1, 0.15) is 25.6 Å². The van der Waals surface area contributed by atoms with Gasteiger partial charge < -0.3 is 10.6 Å². The first kappa shape index (κ1) is 12.2. The Bertz CT molecular complexity index is 373. The van der Waals surface area contributed by atoms with E-state index in [4.69, 9.17) is 0 Å². The van der Waals surface area contributed by atoms with Gasteiger partial charge in [-0.15, -0.1) is 0 Å². The minimum absolute atomic E-state index is 0.275. The van der Waals surface area contributed by atoms with Gasteiger partial charge in [0.05, 0.1) is 0 Å². The molecule has 2 amide bonds. The van der Waals surface area contributed by atoms with Crippen molar-refractivity contribution < 1.29 is 14.0 Å². The average Bonchev–Trinajstić information content (AvgIpc) is 2.16. The molecule has 0 unspecified atom stereocenters. The van der Waals surface area contributed by atoms with Crippen molar-refractivity contribution in [2.45, 2.75) is 20.0 Å². The molecule has 0 aromatic heterocycles. The molecule has 0 aliphatic carbocycles. The van der Waals surface area contributed by atoms with Crippen LogP contribution in [0.25, 0.3) is 0 Å². The molecular weight excluding hydrogens is 211 g/mol. The number of nitrogens with one attached hydrogen (secondary N) is 2. The number of halogens is 1. The largest absolute Gasteiger partial charge is 0.332 e. The van der Waals surface area contributed by atoms with E-state index in [2.05, 4.69) is 10.6 Å². The van der Waals surface area contributed by atoms with Crippen LogP contribution in [-0.2, 0) is 9.59 Å². The molecule has 0 saturated carbocycles. The van der Waals surface area contributed by atoms with Crippen LogP contribution in [0, 0.1) is 5.82 Å². The van der Waals surface area contributed by atoms with E-state index in [-0.39, 0.29) is 17.6 Å². The topological polar surface area (TPSA) is 58.2 Å². The van der Waals surface area contributed by atoms with E-state index >= 15 is 0 Å². The minimum atomic E-state index is -0.629. The molecule has 0 spiro atoms. The molecule has 0 saturated heterocycles. The highest BCUT2D eigenvalue weighted by molar-refractivity contribution is 5.76. The summed E-state index contributed by atoms with van der Waals surface area (Å²) >= 11 is 0. The van der Waals surface area contributed by atoms with Gasteiger partial charge in [-0.3, -0.25) is 9.59 Å². The Morgan fingerprint density at radius 2 is 1.50 bits per heavy atom. The standard InChI is InChI=1S/C11H13FN2O2/c1-7(15)13-11(14-8(2)16)9-3-5-10(12)6-4-9/h3-6,11H,1-2H3,(H,13,15)(H,14,16). The zero-order chi connectivity index (χ0) is 12.1. The fourth-order valence-electron chi connectivity index (χ4n) is 1.26. The second-order valence-electron chi connectivity index (χ2n) is 3.39. The molecule has 0 atom stereocenters. The van der Waals surface area contributed by atoms with E-state index < -0.39 is 6.17 Å². The van der Waals surface area contributed by atoms with Crippen molar-refractivity contribution in [3.8, 4) is 0 Å². The minimum Gasteiger partial charge on any atom is -0.332 e. The van der Waals surface area contributed by atoms with E-state index in [9.17, 15) is 14.0 Å². The van der Waals surface area contributed by atoms with Crippen LogP contribution >= 0.6 is 0 Å². The Hall–Kier alpha value is -1.91. The zero-order valence-corrected chi connectivity index (χ0v) is 9.08. The Morgan fingerprint density at radius 3 is 1.88 bits per heavy atom. The van der Waals surface area contributed by atoms with Gasteiger partial charge in [0.15, 0.2) is 0 Å². The van der Waals surface area contributed by atoms with Crippen molar-refractivity contribution in [3.63, 3.8) is 0 Å². The van der Waals surface area contributed by atoms with Crippen LogP contribution in [0.2, 0.25) is 0 Å². The van der Waals surface area contributed by atoms with Crippen LogP contribution in [0.3, 0.4) is 0 Å². The smallest absolute Gasteiger partial charge is 0.218 e. The maximum absolute atomic E-state index is 12.7. The SMILES string of the molecule is CC(=O)NC(NC(C)=O)c1ccc(F)cc1. The number of rotatable bonds is 3. The molecule has 0 aliphatic rings. The maximum Gasteiger partial charge on any atom is 0.218 e. The summed E-state index contributed by atoms with van der Waals surface area (Å²) in [6.07, 6.45) is -0.629. The van der Waals surface area contributed by atoms with Gasteiger partial charge in [0.25, 0.3) is 0 Å². The molecule has 5 heteroatoms.